The van der Waals surface area contributed by atoms with E-state index >= 15 is 0 Å². The molecule has 1 rings (SSSR count). The number of amides is 1. The van der Waals surface area contributed by atoms with E-state index in [0.717, 1.165) is 12.1 Å². The molecule has 6 nitrogen and oxygen atoms in total. The van der Waals surface area contributed by atoms with Crippen molar-refractivity contribution in [2.45, 2.75) is 44.8 Å². The molecule has 0 bridgehead atoms. The fourth-order valence-electron chi connectivity index (χ4n) is 1.55. The average Bonchev–Trinajstić information content (AvgIpc) is 2.35. The van der Waals surface area contributed by atoms with Crippen LogP contribution in [0.15, 0.2) is 24.3 Å². The highest BCUT2D eigenvalue weighted by molar-refractivity contribution is 7.87. The Hall–Kier alpha value is -1.97. The van der Waals surface area contributed by atoms with E-state index in [1.54, 1.807) is 27.7 Å². The first kappa shape index (κ1) is 20.1. The van der Waals surface area contributed by atoms with Crippen molar-refractivity contribution in [3.63, 3.8) is 0 Å². The lowest BCUT2D eigenvalue weighted by molar-refractivity contribution is -0.0500. The van der Waals surface area contributed by atoms with Crippen molar-refractivity contribution in [3.8, 4) is 5.75 Å². The highest BCUT2D eigenvalue weighted by atomic mass is 32.2. The molecule has 0 aliphatic heterocycles. The largest absolute Gasteiger partial charge is 0.534 e. The van der Waals surface area contributed by atoms with E-state index in [0.29, 0.717) is 5.56 Å². The molecule has 1 amide bonds. The first-order valence-electron chi connectivity index (χ1n) is 6.81. The minimum atomic E-state index is -5.71. The van der Waals surface area contributed by atoms with Crippen molar-refractivity contribution in [2.24, 2.45) is 0 Å². The van der Waals surface area contributed by atoms with Crippen molar-refractivity contribution in [2.75, 3.05) is 0 Å². The topological polar surface area (TPSA) is 81.7 Å². The number of alkyl halides is 3. The fourth-order valence-corrected chi connectivity index (χ4v) is 2.01. The van der Waals surface area contributed by atoms with Crippen LogP contribution in [-0.2, 0) is 14.9 Å². The van der Waals surface area contributed by atoms with Gasteiger partial charge in [-0.3, -0.25) is 0 Å². The second kappa shape index (κ2) is 6.88. The predicted octanol–water partition coefficient (Wildman–Crippen LogP) is 3.50. The molecule has 1 atom stereocenters. The number of benzene rings is 1. The maximum atomic E-state index is 12.2. The molecule has 1 N–H and O–H groups in total. The molecule has 0 fully saturated rings. The fraction of sp³-hybridized carbons (Fsp3) is 0.500. The molecule has 10 heteroatoms. The van der Waals surface area contributed by atoms with Gasteiger partial charge in [-0.05, 0) is 45.4 Å². The number of halogens is 3. The van der Waals surface area contributed by atoms with Crippen molar-refractivity contribution < 1.29 is 35.3 Å². The summed E-state index contributed by atoms with van der Waals surface area (Å²) in [5, 5.41) is 2.54. The van der Waals surface area contributed by atoms with E-state index in [1.807, 2.05) is 0 Å². The van der Waals surface area contributed by atoms with Gasteiger partial charge < -0.3 is 14.2 Å². The third-order valence-corrected chi connectivity index (χ3v) is 3.58. The van der Waals surface area contributed by atoms with Gasteiger partial charge in [-0.25, -0.2) is 4.79 Å². The zero-order valence-electron chi connectivity index (χ0n) is 13.5. The van der Waals surface area contributed by atoms with E-state index in [1.165, 1.54) is 12.1 Å². The summed E-state index contributed by atoms with van der Waals surface area (Å²) in [4.78, 5) is 11.6. The summed E-state index contributed by atoms with van der Waals surface area (Å²) in [7, 11) is -5.71. The zero-order chi connectivity index (χ0) is 18.8. The van der Waals surface area contributed by atoms with Crippen LogP contribution in [0.1, 0.15) is 39.3 Å². The monoisotopic (exact) mass is 369 g/mol. The molecule has 1 aromatic carbocycles. The molecular formula is C14H18F3NO5S. The number of rotatable bonds is 4. The van der Waals surface area contributed by atoms with Gasteiger partial charge in [0, 0.05) is 0 Å². The standard InChI is InChI=1S/C14H18F3NO5S/c1-9(18-12(19)22-13(2,3)4)10-5-7-11(8-6-10)23-24(20,21)14(15,16)17/h5-9H,1-4H3,(H,18,19). The van der Waals surface area contributed by atoms with Crippen molar-refractivity contribution in [3.05, 3.63) is 29.8 Å². The van der Waals surface area contributed by atoms with Gasteiger partial charge >= 0.3 is 21.7 Å². The summed E-state index contributed by atoms with van der Waals surface area (Å²) < 4.78 is 67.5. The summed E-state index contributed by atoms with van der Waals surface area (Å²) in [6.45, 7) is 6.73. The Morgan fingerprint density at radius 1 is 1.12 bits per heavy atom. The lowest BCUT2D eigenvalue weighted by atomic mass is 10.1. The van der Waals surface area contributed by atoms with E-state index in [4.69, 9.17) is 4.74 Å². The van der Waals surface area contributed by atoms with Crippen LogP contribution in [0.4, 0.5) is 18.0 Å². The van der Waals surface area contributed by atoms with Crippen LogP contribution in [0.25, 0.3) is 0 Å². The SMILES string of the molecule is CC(NC(=O)OC(C)(C)C)c1ccc(OS(=O)(=O)C(F)(F)F)cc1. The van der Waals surface area contributed by atoms with Crippen LogP contribution >= 0.6 is 0 Å². The van der Waals surface area contributed by atoms with Crippen LogP contribution < -0.4 is 9.50 Å². The minimum Gasteiger partial charge on any atom is -0.444 e. The second-order valence-electron chi connectivity index (χ2n) is 5.92. The highest BCUT2D eigenvalue weighted by Crippen LogP contribution is 2.27. The smallest absolute Gasteiger partial charge is 0.444 e. The predicted molar refractivity (Wildman–Crippen MR) is 79.8 cm³/mol. The molecule has 0 aliphatic carbocycles. The summed E-state index contributed by atoms with van der Waals surface area (Å²) >= 11 is 0. The maximum Gasteiger partial charge on any atom is 0.534 e. The van der Waals surface area contributed by atoms with Crippen molar-refractivity contribution in [1.29, 1.82) is 0 Å². The number of nitrogens with one attached hydrogen (secondary N) is 1. The molecular weight excluding hydrogens is 351 g/mol. The van der Waals surface area contributed by atoms with Crippen molar-refractivity contribution >= 4 is 16.2 Å². The van der Waals surface area contributed by atoms with Crippen molar-refractivity contribution in [1.82, 2.24) is 5.32 Å². The van der Waals surface area contributed by atoms with Gasteiger partial charge in [-0.15, -0.1) is 0 Å². The van der Waals surface area contributed by atoms with Crippen LogP contribution in [0.5, 0.6) is 5.75 Å². The lowest BCUT2D eigenvalue weighted by Crippen LogP contribution is -2.34. The molecule has 0 radical (unpaired) electrons. The Morgan fingerprint density at radius 2 is 1.62 bits per heavy atom. The Labute approximate surface area is 138 Å². The Morgan fingerprint density at radius 3 is 2.04 bits per heavy atom. The molecule has 0 spiro atoms. The first-order valence-corrected chi connectivity index (χ1v) is 8.22. The summed E-state index contributed by atoms with van der Waals surface area (Å²) in [5.41, 5.74) is -5.65. The van der Waals surface area contributed by atoms with Gasteiger partial charge in [0.2, 0.25) is 0 Å². The Balaban J connectivity index is 2.76. The number of hydrogen-bond donors (Lipinski definition) is 1. The summed E-state index contributed by atoms with van der Waals surface area (Å²) in [6, 6.07) is 4.29. The van der Waals surface area contributed by atoms with Gasteiger partial charge in [0.25, 0.3) is 0 Å². The molecule has 0 saturated carbocycles. The van der Waals surface area contributed by atoms with Gasteiger partial charge in [0.1, 0.15) is 11.4 Å². The van der Waals surface area contributed by atoms with E-state index < -0.39 is 39.1 Å². The number of ether oxygens (including phenoxy) is 1. The van der Waals surface area contributed by atoms with Gasteiger partial charge in [-0.1, -0.05) is 12.1 Å². The van der Waals surface area contributed by atoms with Gasteiger partial charge in [0.05, 0.1) is 6.04 Å². The van der Waals surface area contributed by atoms with Crippen LogP contribution in [0, 0.1) is 0 Å². The Bertz CT molecular complexity index is 678. The second-order valence-corrected chi connectivity index (χ2v) is 7.46. The number of alkyl carbamates (subject to hydrolysis) is 1. The van der Waals surface area contributed by atoms with Crippen LogP contribution in [0.3, 0.4) is 0 Å². The summed E-state index contributed by atoms with van der Waals surface area (Å²) in [6.07, 6.45) is -0.657. The minimum absolute atomic E-state index is 0.486. The summed E-state index contributed by atoms with van der Waals surface area (Å²) in [5.74, 6) is -0.486. The third-order valence-electron chi connectivity index (χ3n) is 2.60. The number of hydrogen-bond acceptors (Lipinski definition) is 5. The number of carbonyl (C=O) groups excluding carboxylic acids is 1. The van der Waals surface area contributed by atoms with Crippen LogP contribution in [0.2, 0.25) is 0 Å². The number of carbonyl (C=O) groups is 1. The van der Waals surface area contributed by atoms with Crippen LogP contribution in [-0.4, -0.2) is 25.6 Å². The van der Waals surface area contributed by atoms with E-state index in [-0.39, 0.29) is 0 Å². The van der Waals surface area contributed by atoms with Gasteiger partial charge in [-0.2, -0.15) is 21.6 Å². The quantitative estimate of drug-likeness (QED) is 0.649. The molecule has 1 unspecified atom stereocenters. The molecule has 24 heavy (non-hydrogen) atoms. The van der Waals surface area contributed by atoms with E-state index in [2.05, 4.69) is 9.50 Å². The zero-order valence-corrected chi connectivity index (χ0v) is 14.3. The molecule has 0 saturated heterocycles. The molecule has 136 valence electrons. The average molecular weight is 369 g/mol. The van der Waals surface area contributed by atoms with Gasteiger partial charge in [0.15, 0.2) is 0 Å². The normalized spacial score (nSPS) is 14.0. The van der Waals surface area contributed by atoms with E-state index in [9.17, 15) is 26.4 Å². The first-order chi connectivity index (χ1) is 10.7. The molecule has 1 aromatic rings. The molecule has 0 aliphatic rings. The maximum absolute atomic E-state index is 12.2. The lowest BCUT2D eigenvalue weighted by Gasteiger charge is -2.22. The molecule has 0 heterocycles. The third kappa shape index (κ3) is 5.91. The molecule has 0 aromatic heterocycles. The Kier molecular flexibility index (Phi) is 5.75. The highest BCUT2D eigenvalue weighted by Gasteiger charge is 2.48.